The molecule has 2 aromatic heterocycles. The van der Waals surface area contributed by atoms with Crippen LogP contribution in [0.1, 0.15) is 12.8 Å². The Kier molecular flexibility index (Phi) is 2.46. The minimum absolute atomic E-state index is 0.562. The highest BCUT2D eigenvalue weighted by atomic mass is 15.3. The monoisotopic (exact) mass is 217 g/mol. The van der Waals surface area contributed by atoms with Crippen LogP contribution in [0.25, 0.3) is 5.65 Å². The van der Waals surface area contributed by atoms with E-state index in [1.807, 2.05) is 24.4 Å². The molecule has 84 valence electrons. The van der Waals surface area contributed by atoms with Gasteiger partial charge in [-0.3, -0.25) is 0 Å². The maximum absolute atomic E-state index is 4.39. The number of rotatable bonds is 3. The lowest BCUT2D eigenvalue weighted by molar-refractivity contribution is 0.631. The first-order chi connectivity index (χ1) is 7.92. The van der Waals surface area contributed by atoms with Crippen LogP contribution >= 0.6 is 0 Å². The fraction of sp³-hybridized carbons (Fsp3) is 0.455. The van der Waals surface area contributed by atoms with Crippen molar-refractivity contribution in [2.24, 2.45) is 0 Å². The highest BCUT2D eigenvalue weighted by molar-refractivity contribution is 5.42. The smallest absolute Gasteiger partial charge is 0.243 e. The zero-order valence-electron chi connectivity index (χ0n) is 9.06. The van der Waals surface area contributed by atoms with E-state index in [1.54, 1.807) is 4.52 Å². The predicted molar refractivity (Wildman–Crippen MR) is 62.5 cm³/mol. The second kappa shape index (κ2) is 4.09. The number of aromatic nitrogens is 3. The van der Waals surface area contributed by atoms with Gasteiger partial charge in [0.05, 0.1) is 0 Å². The minimum atomic E-state index is 0.562. The van der Waals surface area contributed by atoms with Gasteiger partial charge in [0.15, 0.2) is 5.65 Å². The van der Waals surface area contributed by atoms with Crippen molar-refractivity contribution in [3.63, 3.8) is 0 Å². The van der Waals surface area contributed by atoms with E-state index in [0.29, 0.717) is 12.0 Å². The largest absolute Gasteiger partial charge is 0.351 e. The number of anilines is 1. The number of hydrogen-bond donors (Lipinski definition) is 2. The molecule has 0 radical (unpaired) electrons. The first-order valence-corrected chi connectivity index (χ1v) is 5.70. The molecule has 0 spiro atoms. The van der Waals surface area contributed by atoms with Gasteiger partial charge in [0.2, 0.25) is 5.95 Å². The summed E-state index contributed by atoms with van der Waals surface area (Å²) in [7, 11) is 0. The van der Waals surface area contributed by atoms with E-state index in [9.17, 15) is 0 Å². The fourth-order valence-corrected chi connectivity index (χ4v) is 2.05. The molecule has 2 aromatic rings. The molecule has 1 unspecified atom stereocenters. The molecule has 1 saturated heterocycles. The van der Waals surface area contributed by atoms with Crippen molar-refractivity contribution in [3.05, 3.63) is 24.4 Å². The van der Waals surface area contributed by atoms with Gasteiger partial charge in [-0.05, 0) is 31.5 Å². The van der Waals surface area contributed by atoms with E-state index in [0.717, 1.165) is 18.7 Å². The van der Waals surface area contributed by atoms with Crippen molar-refractivity contribution < 1.29 is 0 Å². The molecular formula is C11H15N5. The van der Waals surface area contributed by atoms with E-state index in [-0.39, 0.29) is 0 Å². The first kappa shape index (κ1) is 9.59. The van der Waals surface area contributed by atoms with Gasteiger partial charge in [0.25, 0.3) is 0 Å². The molecule has 3 rings (SSSR count). The summed E-state index contributed by atoms with van der Waals surface area (Å²) >= 11 is 0. The highest BCUT2D eigenvalue weighted by Gasteiger charge is 2.14. The summed E-state index contributed by atoms with van der Waals surface area (Å²) in [5.41, 5.74) is 0.879. The topological polar surface area (TPSA) is 54.2 Å². The molecular weight excluding hydrogens is 202 g/mol. The quantitative estimate of drug-likeness (QED) is 0.802. The van der Waals surface area contributed by atoms with Crippen molar-refractivity contribution in [3.8, 4) is 0 Å². The van der Waals surface area contributed by atoms with Crippen LogP contribution in [0.5, 0.6) is 0 Å². The van der Waals surface area contributed by atoms with Crippen LogP contribution in [0, 0.1) is 0 Å². The van der Waals surface area contributed by atoms with E-state index in [4.69, 9.17) is 0 Å². The van der Waals surface area contributed by atoms with Gasteiger partial charge < -0.3 is 10.6 Å². The van der Waals surface area contributed by atoms with Crippen LogP contribution in [0.15, 0.2) is 24.4 Å². The summed E-state index contributed by atoms with van der Waals surface area (Å²) in [5, 5.41) is 11.0. The number of nitrogens with one attached hydrogen (secondary N) is 2. The lowest BCUT2D eigenvalue weighted by atomic mass is 10.2. The molecule has 0 aliphatic carbocycles. The van der Waals surface area contributed by atoms with Crippen LogP contribution in [0.2, 0.25) is 0 Å². The Morgan fingerprint density at radius 2 is 2.50 bits per heavy atom. The molecule has 0 aromatic carbocycles. The zero-order chi connectivity index (χ0) is 10.8. The SMILES string of the molecule is c1ccn2nc(NCC3CCCN3)nc2c1. The van der Waals surface area contributed by atoms with Crippen molar-refractivity contribution >= 4 is 11.6 Å². The molecule has 1 aliphatic rings. The fourth-order valence-electron chi connectivity index (χ4n) is 2.05. The summed E-state index contributed by atoms with van der Waals surface area (Å²) in [4.78, 5) is 4.39. The molecule has 5 heteroatoms. The summed E-state index contributed by atoms with van der Waals surface area (Å²) < 4.78 is 1.78. The third-order valence-electron chi connectivity index (χ3n) is 2.91. The van der Waals surface area contributed by atoms with E-state index < -0.39 is 0 Å². The standard InChI is InChI=1S/C11H15N5/c1-2-7-16-10(5-1)14-11(15-16)13-8-9-4-3-6-12-9/h1-2,5,7,9,12H,3-4,6,8H2,(H,13,15). The molecule has 5 nitrogen and oxygen atoms in total. The summed E-state index contributed by atoms with van der Waals surface area (Å²) in [6.45, 7) is 2.03. The Balaban J connectivity index is 1.69. The summed E-state index contributed by atoms with van der Waals surface area (Å²) in [5.74, 6) is 0.708. The van der Waals surface area contributed by atoms with Crippen molar-refractivity contribution in [1.29, 1.82) is 0 Å². The third kappa shape index (κ3) is 1.86. The van der Waals surface area contributed by atoms with Gasteiger partial charge in [-0.15, -0.1) is 5.10 Å². The Labute approximate surface area is 93.9 Å². The van der Waals surface area contributed by atoms with Gasteiger partial charge in [-0.25, -0.2) is 4.52 Å². The maximum atomic E-state index is 4.39. The van der Waals surface area contributed by atoms with Crippen molar-refractivity contribution in [2.75, 3.05) is 18.4 Å². The van der Waals surface area contributed by atoms with E-state index >= 15 is 0 Å². The molecule has 16 heavy (non-hydrogen) atoms. The Hall–Kier alpha value is -1.62. The molecule has 2 N–H and O–H groups in total. The predicted octanol–water partition coefficient (Wildman–Crippen LogP) is 0.893. The van der Waals surface area contributed by atoms with E-state index in [2.05, 4.69) is 20.7 Å². The van der Waals surface area contributed by atoms with Gasteiger partial charge in [0, 0.05) is 18.8 Å². The van der Waals surface area contributed by atoms with Crippen LogP contribution in [0.4, 0.5) is 5.95 Å². The van der Waals surface area contributed by atoms with Gasteiger partial charge in [-0.1, -0.05) is 6.07 Å². The Morgan fingerprint density at radius 1 is 1.50 bits per heavy atom. The van der Waals surface area contributed by atoms with Crippen LogP contribution in [-0.2, 0) is 0 Å². The van der Waals surface area contributed by atoms with E-state index in [1.165, 1.54) is 12.8 Å². The normalized spacial score (nSPS) is 20.4. The van der Waals surface area contributed by atoms with Gasteiger partial charge in [0.1, 0.15) is 0 Å². The molecule has 1 aliphatic heterocycles. The molecule has 0 saturated carbocycles. The van der Waals surface area contributed by atoms with Crippen LogP contribution < -0.4 is 10.6 Å². The Bertz CT molecular complexity index is 439. The minimum Gasteiger partial charge on any atom is -0.351 e. The van der Waals surface area contributed by atoms with Gasteiger partial charge >= 0.3 is 0 Å². The number of hydrogen-bond acceptors (Lipinski definition) is 4. The van der Waals surface area contributed by atoms with Gasteiger partial charge in [-0.2, -0.15) is 4.98 Å². The first-order valence-electron chi connectivity index (χ1n) is 5.70. The lowest BCUT2D eigenvalue weighted by Gasteiger charge is -2.09. The van der Waals surface area contributed by atoms with Crippen molar-refractivity contribution in [2.45, 2.75) is 18.9 Å². The van der Waals surface area contributed by atoms with Crippen LogP contribution in [0.3, 0.4) is 0 Å². The zero-order valence-corrected chi connectivity index (χ0v) is 9.06. The molecule has 0 bridgehead atoms. The van der Waals surface area contributed by atoms with Crippen LogP contribution in [-0.4, -0.2) is 33.7 Å². The summed E-state index contributed by atoms with van der Waals surface area (Å²) in [6.07, 6.45) is 4.41. The number of fused-ring (bicyclic) bond motifs is 1. The Morgan fingerprint density at radius 3 is 3.31 bits per heavy atom. The number of pyridine rings is 1. The lowest BCUT2D eigenvalue weighted by Crippen LogP contribution is -2.29. The molecule has 1 atom stereocenters. The second-order valence-electron chi connectivity index (χ2n) is 4.11. The van der Waals surface area contributed by atoms with Crippen molar-refractivity contribution in [1.82, 2.24) is 19.9 Å². The molecule has 0 amide bonds. The maximum Gasteiger partial charge on any atom is 0.243 e. The number of nitrogens with zero attached hydrogens (tertiary/aromatic N) is 3. The molecule has 3 heterocycles. The third-order valence-corrected chi connectivity index (χ3v) is 2.91. The second-order valence-corrected chi connectivity index (χ2v) is 4.11. The molecule has 1 fully saturated rings. The summed E-state index contributed by atoms with van der Waals surface area (Å²) in [6, 6.07) is 6.43. The average Bonchev–Trinajstić information content (AvgIpc) is 2.95. The average molecular weight is 217 g/mol. The highest BCUT2D eigenvalue weighted by Crippen LogP contribution is 2.07.